The van der Waals surface area contributed by atoms with Crippen LogP contribution >= 0.6 is 0 Å². The minimum Gasteiger partial charge on any atom is -0.478 e. The largest absolute Gasteiger partial charge is 0.478 e. The molecule has 1 rings (SSSR count). The molecule has 3 amide bonds. The number of carboxylic acids is 1. The zero-order chi connectivity index (χ0) is 13.7. The van der Waals surface area contributed by atoms with Gasteiger partial charge in [-0.3, -0.25) is 10.1 Å². The van der Waals surface area contributed by atoms with Crippen molar-refractivity contribution in [2.45, 2.75) is 32.7 Å². The molecule has 2 N–H and O–H groups in total. The molecule has 1 saturated heterocycles. The van der Waals surface area contributed by atoms with Crippen molar-refractivity contribution in [3.05, 3.63) is 12.2 Å². The van der Waals surface area contributed by atoms with Crippen LogP contribution in [0.25, 0.3) is 0 Å². The molecule has 1 aliphatic heterocycles. The molecule has 2 atom stereocenters. The minimum atomic E-state index is -1.22. The van der Waals surface area contributed by atoms with Crippen LogP contribution in [-0.2, 0) is 9.59 Å². The number of amides is 3. The Kier molecular flexibility index (Phi) is 4.88. The lowest BCUT2D eigenvalue weighted by molar-refractivity contribution is -0.131. The fourth-order valence-electron chi connectivity index (χ4n) is 1.99. The van der Waals surface area contributed by atoms with Crippen molar-refractivity contribution in [1.82, 2.24) is 10.2 Å². The normalized spacial score (nSPS) is 24.0. The topological polar surface area (TPSA) is 86.7 Å². The Morgan fingerprint density at radius 3 is 2.56 bits per heavy atom. The first-order valence-electron chi connectivity index (χ1n) is 5.94. The van der Waals surface area contributed by atoms with E-state index in [1.54, 1.807) is 4.90 Å². The van der Waals surface area contributed by atoms with Crippen molar-refractivity contribution in [2.75, 3.05) is 6.54 Å². The molecule has 0 aliphatic carbocycles. The van der Waals surface area contributed by atoms with Crippen LogP contribution < -0.4 is 5.32 Å². The third kappa shape index (κ3) is 3.87. The van der Waals surface area contributed by atoms with E-state index in [-0.39, 0.29) is 6.04 Å². The number of carbonyl (C=O) groups excluding carboxylic acids is 2. The molecular formula is C12H18N2O4. The number of hydrogen-bond donors (Lipinski definition) is 2. The molecule has 0 aromatic carbocycles. The Labute approximate surface area is 106 Å². The highest BCUT2D eigenvalue weighted by Gasteiger charge is 2.28. The summed E-state index contributed by atoms with van der Waals surface area (Å²) in [7, 11) is 0. The predicted octanol–water partition coefficient (Wildman–Crippen LogP) is 0.984. The van der Waals surface area contributed by atoms with E-state index in [1.165, 1.54) is 0 Å². The van der Waals surface area contributed by atoms with Crippen molar-refractivity contribution in [1.29, 1.82) is 0 Å². The monoisotopic (exact) mass is 254 g/mol. The molecule has 1 aliphatic rings. The Balaban J connectivity index is 2.54. The van der Waals surface area contributed by atoms with Gasteiger partial charge in [0.25, 0.3) is 5.91 Å². The molecule has 0 aromatic heterocycles. The minimum absolute atomic E-state index is 0.0787. The van der Waals surface area contributed by atoms with Crippen molar-refractivity contribution < 1.29 is 19.5 Å². The molecule has 6 heteroatoms. The van der Waals surface area contributed by atoms with Gasteiger partial charge in [-0.2, -0.15) is 0 Å². The van der Waals surface area contributed by atoms with Gasteiger partial charge in [-0.05, 0) is 25.7 Å². The van der Waals surface area contributed by atoms with Gasteiger partial charge in [0.05, 0.1) is 0 Å². The Morgan fingerprint density at radius 1 is 1.28 bits per heavy atom. The summed E-state index contributed by atoms with van der Waals surface area (Å²) in [6, 6.07) is -0.385. The lowest BCUT2D eigenvalue weighted by atomic mass is 9.92. The molecule has 6 nitrogen and oxygen atoms in total. The lowest BCUT2D eigenvalue weighted by Gasteiger charge is -2.37. The molecule has 1 fully saturated rings. The van der Waals surface area contributed by atoms with E-state index in [0.29, 0.717) is 18.5 Å². The number of carbonyl (C=O) groups is 3. The summed E-state index contributed by atoms with van der Waals surface area (Å²) < 4.78 is 0. The van der Waals surface area contributed by atoms with Gasteiger partial charge in [-0.25, -0.2) is 9.59 Å². The third-order valence-electron chi connectivity index (χ3n) is 3.24. The standard InChI is InChI=1S/C12H18N2O4/c1-8-4-3-7-14(9(8)2)12(18)13-10(15)5-6-11(16)17/h5-6,8-9H,3-4,7H2,1-2H3,(H,16,17)(H,13,15,18). The smallest absolute Gasteiger partial charge is 0.328 e. The Bertz CT molecular complexity index is 378. The van der Waals surface area contributed by atoms with E-state index in [0.717, 1.165) is 18.9 Å². The number of likely N-dealkylation sites (tertiary alicyclic amines) is 1. The molecule has 0 aromatic rings. The second kappa shape index (κ2) is 6.18. The van der Waals surface area contributed by atoms with Crippen molar-refractivity contribution in [3.8, 4) is 0 Å². The highest BCUT2D eigenvalue weighted by atomic mass is 16.4. The van der Waals surface area contributed by atoms with Crippen molar-refractivity contribution in [3.63, 3.8) is 0 Å². The highest BCUT2D eigenvalue weighted by molar-refractivity contribution is 6.02. The van der Waals surface area contributed by atoms with Gasteiger partial charge in [0, 0.05) is 24.7 Å². The lowest BCUT2D eigenvalue weighted by Crippen LogP contribution is -2.51. The molecule has 0 saturated carbocycles. The Morgan fingerprint density at radius 2 is 1.94 bits per heavy atom. The molecule has 100 valence electrons. The molecule has 18 heavy (non-hydrogen) atoms. The maximum Gasteiger partial charge on any atom is 0.328 e. The fourth-order valence-corrected chi connectivity index (χ4v) is 1.99. The zero-order valence-corrected chi connectivity index (χ0v) is 10.5. The molecule has 2 unspecified atom stereocenters. The van der Waals surface area contributed by atoms with Crippen molar-refractivity contribution >= 4 is 17.9 Å². The second-order valence-corrected chi connectivity index (χ2v) is 4.52. The number of rotatable bonds is 2. The third-order valence-corrected chi connectivity index (χ3v) is 3.24. The summed E-state index contributed by atoms with van der Waals surface area (Å²) in [5.74, 6) is -1.54. The number of nitrogens with one attached hydrogen (secondary N) is 1. The van der Waals surface area contributed by atoms with Crippen LogP contribution in [0.3, 0.4) is 0 Å². The summed E-state index contributed by atoms with van der Waals surface area (Å²) >= 11 is 0. The van der Waals surface area contributed by atoms with E-state index >= 15 is 0 Å². The average Bonchev–Trinajstić information content (AvgIpc) is 2.30. The predicted molar refractivity (Wildman–Crippen MR) is 64.9 cm³/mol. The van der Waals surface area contributed by atoms with Gasteiger partial charge in [-0.15, -0.1) is 0 Å². The molecule has 0 spiro atoms. The van der Waals surface area contributed by atoms with Gasteiger partial charge < -0.3 is 10.0 Å². The molecule has 1 heterocycles. The summed E-state index contributed by atoms with van der Waals surface area (Å²) in [5, 5.41) is 10.5. The average molecular weight is 254 g/mol. The number of hydrogen-bond acceptors (Lipinski definition) is 3. The van der Waals surface area contributed by atoms with Gasteiger partial charge in [0.15, 0.2) is 0 Å². The summed E-state index contributed by atoms with van der Waals surface area (Å²) in [4.78, 5) is 34.9. The van der Waals surface area contributed by atoms with Crippen LogP contribution in [-0.4, -0.2) is 40.5 Å². The SMILES string of the molecule is CC1CCCN(C(=O)NC(=O)C=CC(=O)O)C1C. The zero-order valence-electron chi connectivity index (χ0n) is 10.5. The van der Waals surface area contributed by atoms with Crippen LogP contribution in [0, 0.1) is 5.92 Å². The number of piperidine rings is 1. The van der Waals surface area contributed by atoms with Gasteiger partial charge >= 0.3 is 12.0 Å². The van der Waals surface area contributed by atoms with Crippen LogP contribution in [0.4, 0.5) is 4.79 Å². The first kappa shape index (κ1) is 14.2. The number of carboxylic acid groups (broad SMARTS) is 1. The van der Waals surface area contributed by atoms with E-state index in [2.05, 4.69) is 12.2 Å². The van der Waals surface area contributed by atoms with Gasteiger partial charge in [-0.1, -0.05) is 6.92 Å². The fraction of sp³-hybridized carbons (Fsp3) is 0.583. The number of aliphatic carboxylic acids is 1. The van der Waals surface area contributed by atoms with E-state index in [1.807, 2.05) is 6.92 Å². The highest BCUT2D eigenvalue weighted by Crippen LogP contribution is 2.22. The Hall–Kier alpha value is -1.85. The van der Waals surface area contributed by atoms with Gasteiger partial charge in [0.1, 0.15) is 0 Å². The van der Waals surface area contributed by atoms with Crippen LogP contribution in [0.5, 0.6) is 0 Å². The number of urea groups is 1. The summed E-state index contributed by atoms with van der Waals surface area (Å²) in [5.41, 5.74) is 0. The molecule has 0 radical (unpaired) electrons. The quantitative estimate of drug-likeness (QED) is 0.719. The van der Waals surface area contributed by atoms with E-state index in [4.69, 9.17) is 5.11 Å². The number of imide groups is 1. The summed E-state index contributed by atoms with van der Waals surface area (Å²) in [6.07, 6.45) is 3.51. The van der Waals surface area contributed by atoms with Crippen LogP contribution in [0.1, 0.15) is 26.7 Å². The molecular weight excluding hydrogens is 236 g/mol. The second-order valence-electron chi connectivity index (χ2n) is 4.52. The first-order chi connectivity index (χ1) is 8.41. The van der Waals surface area contributed by atoms with Crippen LogP contribution in [0.15, 0.2) is 12.2 Å². The summed E-state index contributed by atoms with van der Waals surface area (Å²) in [6.45, 7) is 4.63. The van der Waals surface area contributed by atoms with Gasteiger partial charge in [0.2, 0.25) is 0 Å². The number of nitrogens with zero attached hydrogens (tertiary/aromatic N) is 1. The van der Waals surface area contributed by atoms with Crippen molar-refractivity contribution in [2.24, 2.45) is 5.92 Å². The molecule has 0 bridgehead atoms. The van der Waals surface area contributed by atoms with Crippen LogP contribution in [0.2, 0.25) is 0 Å². The van der Waals surface area contributed by atoms with E-state index in [9.17, 15) is 14.4 Å². The maximum absolute atomic E-state index is 11.8. The first-order valence-corrected chi connectivity index (χ1v) is 5.94. The maximum atomic E-state index is 11.8. The van der Waals surface area contributed by atoms with E-state index < -0.39 is 17.9 Å².